The van der Waals surface area contributed by atoms with E-state index in [2.05, 4.69) is 32.6 Å². The van der Waals surface area contributed by atoms with E-state index in [9.17, 15) is 4.79 Å². The fourth-order valence-corrected chi connectivity index (χ4v) is 2.28. The minimum Gasteiger partial charge on any atom is -0.295 e. The summed E-state index contributed by atoms with van der Waals surface area (Å²) in [5.74, 6) is 0.714. The van der Waals surface area contributed by atoms with Gasteiger partial charge in [0.2, 0.25) is 0 Å². The molecule has 16 heavy (non-hydrogen) atoms. The maximum atomic E-state index is 11.8. The van der Waals surface area contributed by atoms with Gasteiger partial charge in [-0.15, -0.1) is 0 Å². The van der Waals surface area contributed by atoms with Crippen molar-refractivity contribution in [1.29, 1.82) is 0 Å². The highest BCUT2D eigenvalue weighted by molar-refractivity contribution is 5.99. The topological polar surface area (TPSA) is 17.1 Å². The van der Waals surface area contributed by atoms with Crippen LogP contribution in [0.1, 0.15) is 46.0 Å². The Bertz CT molecular complexity index is 320. The molecule has 0 radical (unpaired) electrons. The molecule has 1 aliphatic rings. The number of hydrogen-bond donors (Lipinski definition) is 0. The van der Waals surface area contributed by atoms with Crippen LogP contribution in [0.15, 0.2) is 36.0 Å². The Morgan fingerprint density at radius 1 is 1.38 bits per heavy atom. The van der Waals surface area contributed by atoms with Gasteiger partial charge in [-0.2, -0.15) is 0 Å². The highest BCUT2D eigenvalue weighted by Gasteiger charge is 2.24. The van der Waals surface area contributed by atoms with Crippen LogP contribution in [-0.2, 0) is 4.79 Å². The van der Waals surface area contributed by atoms with Gasteiger partial charge < -0.3 is 0 Å². The minimum absolute atomic E-state index is 0.335. The third-order valence-corrected chi connectivity index (χ3v) is 3.18. The summed E-state index contributed by atoms with van der Waals surface area (Å²) in [6, 6.07) is 0. The predicted molar refractivity (Wildman–Crippen MR) is 69.3 cm³/mol. The number of carbonyl (C=O) groups excluding carboxylic acids is 1. The second-order valence-corrected chi connectivity index (χ2v) is 4.42. The number of carbonyl (C=O) groups is 1. The molecule has 0 N–H and O–H groups in total. The van der Waals surface area contributed by atoms with Crippen molar-refractivity contribution in [2.24, 2.45) is 5.92 Å². The first-order chi connectivity index (χ1) is 7.70. The highest BCUT2D eigenvalue weighted by Crippen LogP contribution is 2.31. The number of allylic oxidation sites excluding steroid dienone is 5. The van der Waals surface area contributed by atoms with Crippen LogP contribution in [0.4, 0.5) is 0 Å². The molecular formula is C15H22O. The van der Waals surface area contributed by atoms with Gasteiger partial charge in [0, 0.05) is 12.0 Å². The molecule has 0 aromatic carbocycles. The molecule has 88 valence electrons. The maximum absolute atomic E-state index is 11.8. The van der Waals surface area contributed by atoms with E-state index in [0.717, 1.165) is 31.3 Å². The molecule has 0 heterocycles. The van der Waals surface area contributed by atoms with Gasteiger partial charge >= 0.3 is 0 Å². The van der Waals surface area contributed by atoms with Crippen molar-refractivity contribution in [3.63, 3.8) is 0 Å². The highest BCUT2D eigenvalue weighted by atomic mass is 16.1. The first-order valence-corrected chi connectivity index (χ1v) is 6.24. The summed E-state index contributed by atoms with van der Waals surface area (Å²) in [5.41, 5.74) is 2.22. The van der Waals surface area contributed by atoms with Crippen molar-refractivity contribution in [3.05, 3.63) is 36.0 Å². The average molecular weight is 218 g/mol. The Hall–Kier alpha value is -1.11. The lowest BCUT2D eigenvalue weighted by Gasteiger charge is -2.12. The molecule has 0 aliphatic heterocycles. The Labute approximate surface area is 98.9 Å². The zero-order chi connectivity index (χ0) is 12.0. The van der Waals surface area contributed by atoms with Crippen LogP contribution < -0.4 is 0 Å². The fourth-order valence-electron chi connectivity index (χ4n) is 2.28. The molecule has 0 aromatic rings. The van der Waals surface area contributed by atoms with Crippen molar-refractivity contribution in [1.82, 2.24) is 0 Å². The van der Waals surface area contributed by atoms with Gasteiger partial charge in [-0.05, 0) is 37.2 Å². The summed E-state index contributed by atoms with van der Waals surface area (Å²) in [5, 5.41) is 0. The molecule has 1 aliphatic carbocycles. The zero-order valence-corrected chi connectivity index (χ0v) is 10.5. The molecule has 0 aromatic heterocycles. The largest absolute Gasteiger partial charge is 0.295 e. The van der Waals surface area contributed by atoms with Crippen molar-refractivity contribution < 1.29 is 4.79 Å². The van der Waals surface area contributed by atoms with E-state index in [-0.39, 0.29) is 0 Å². The Balaban J connectivity index is 2.58. The lowest BCUT2D eigenvalue weighted by Crippen LogP contribution is -2.07. The molecule has 0 saturated carbocycles. The molecule has 0 amide bonds. The van der Waals surface area contributed by atoms with Crippen LogP contribution >= 0.6 is 0 Å². The molecule has 0 spiro atoms. The summed E-state index contributed by atoms with van der Waals surface area (Å²) < 4.78 is 0. The van der Waals surface area contributed by atoms with Crippen molar-refractivity contribution in [2.45, 2.75) is 46.0 Å². The molecule has 1 rings (SSSR count). The van der Waals surface area contributed by atoms with Crippen LogP contribution in [0, 0.1) is 5.92 Å². The van der Waals surface area contributed by atoms with Gasteiger partial charge in [0.25, 0.3) is 0 Å². The summed E-state index contributed by atoms with van der Waals surface area (Å²) in [6.45, 7) is 8.09. The standard InChI is InChI=1S/C15H22O/c1-4-6-7-8-9-12(3)15-13(5-2)10-11-14(15)16/h5-7,12H,2,4,8-11H2,1,3H3/b7-6+. The van der Waals surface area contributed by atoms with Gasteiger partial charge in [0.1, 0.15) is 0 Å². The van der Waals surface area contributed by atoms with Crippen LogP contribution in [0.25, 0.3) is 0 Å². The Kier molecular flexibility index (Phi) is 5.24. The number of hydrogen-bond acceptors (Lipinski definition) is 1. The monoisotopic (exact) mass is 218 g/mol. The van der Waals surface area contributed by atoms with Gasteiger partial charge in [-0.1, -0.05) is 38.7 Å². The summed E-state index contributed by atoms with van der Waals surface area (Å²) in [4.78, 5) is 11.8. The quantitative estimate of drug-likeness (QED) is 0.610. The predicted octanol–water partition coefficient (Wildman–Crippen LogP) is 4.21. The van der Waals surface area contributed by atoms with Crippen molar-refractivity contribution >= 4 is 5.78 Å². The smallest absolute Gasteiger partial charge is 0.159 e. The van der Waals surface area contributed by atoms with Gasteiger partial charge in [0.15, 0.2) is 5.78 Å². The molecule has 1 nitrogen and oxygen atoms in total. The minimum atomic E-state index is 0.335. The maximum Gasteiger partial charge on any atom is 0.159 e. The Morgan fingerprint density at radius 3 is 2.75 bits per heavy atom. The zero-order valence-electron chi connectivity index (χ0n) is 10.5. The number of Topliss-reactive ketones (excluding diaryl/α,β-unsaturated/α-hetero) is 1. The normalized spacial score (nSPS) is 18.5. The molecule has 1 heteroatoms. The van der Waals surface area contributed by atoms with Gasteiger partial charge in [0.05, 0.1) is 0 Å². The second kappa shape index (κ2) is 6.47. The van der Waals surface area contributed by atoms with Crippen molar-refractivity contribution in [3.8, 4) is 0 Å². The summed E-state index contributed by atoms with van der Waals surface area (Å²) in [6.07, 6.45) is 11.1. The molecule has 0 saturated heterocycles. The van der Waals surface area contributed by atoms with E-state index < -0.39 is 0 Å². The third-order valence-electron chi connectivity index (χ3n) is 3.18. The van der Waals surface area contributed by atoms with Gasteiger partial charge in [-0.25, -0.2) is 0 Å². The van der Waals surface area contributed by atoms with Crippen LogP contribution in [0.3, 0.4) is 0 Å². The van der Waals surface area contributed by atoms with Crippen LogP contribution in [0.5, 0.6) is 0 Å². The van der Waals surface area contributed by atoms with E-state index in [1.54, 1.807) is 0 Å². The summed E-state index contributed by atoms with van der Waals surface area (Å²) >= 11 is 0. The van der Waals surface area contributed by atoms with Crippen LogP contribution in [-0.4, -0.2) is 5.78 Å². The molecule has 1 atom stereocenters. The number of rotatable bonds is 6. The first-order valence-electron chi connectivity index (χ1n) is 6.24. The van der Waals surface area contributed by atoms with Crippen LogP contribution in [0.2, 0.25) is 0 Å². The SMILES string of the molecule is C=CC1=C(C(C)CC/C=C/CC)C(=O)CC1. The van der Waals surface area contributed by atoms with Crippen molar-refractivity contribution in [2.75, 3.05) is 0 Å². The summed E-state index contributed by atoms with van der Waals surface area (Å²) in [7, 11) is 0. The Morgan fingerprint density at radius 2 is 2.12 bits per heavy atom. The lowest BCUT2D eigenvalue weighted by molar-refractivity contribution is -0.115. The lowest BCUT2D eigenvalue weighted by atomic mass is 9.92. The van der Waals surface area contributed by atoms with E-state index >= 15 is 0 Å². The second-order valence-electron chi connectivity index (χ2n) is 4.42. The third kappa shape index (κ3) is 3.19. The van der Waals surface area contributed by atoms with E-state index in [0.29, 0.717) is 18.1 Å². The molecule has 1 unspecified atom stereocenters. The average Bonchev–Trinajstić information content (AvgIpc) is 2.65. The number of ketones is 1. The van der Waals surface area contributed by atoms with E-state index in [1.807, 2.05) is 6.08 Å². The van der Waals surface area contributed by atoms with E-state index in [4.69, 9.17) is 0 Å². The van der Waals surface area contributed by atoms with E-state index in [1.165, 1.54) is 5.57 Å². The fraction of sp³-hybridized carbons (Fsp3) is 0.533. The van der Waals surface area contributed by atoms with Gasteiger partial charge in [-0.3, -0.25) is 4.79 Å². The molecule has 0 bridgehead atoms. The molecular weight excluding hydrogens is 196 g/mol. The first kappa shape index (κ1) is 13.0. The molecule has 0 fully saturated rings.